The summed E-state index contributed by atoms with van der Waals surface area (Å²) in [6, 6.07) is 6.78. The van der Waals surface area contributed by atoms with E-state index in [1.807, 2.05) is 11.8 Å². The van der Waals surface area contributed by atoms with Crippen molar-refractivity contribution >= 4 is 17.4 Å². The molecule has 1 aliphatic rings. The van der Waals surface area contributed by atoms with Crippen LogP contribution in [-0.4, -0.2) is 11.3 Å². The van der Waals surface area contributed by atoms with Crippen LogP contribution in [0.25, 0.3) is 0 Å². The van der Waals surface area contributed by atoms with Gasteiger partial charge in [-0.25, -0.2) is 0 Å². The molecule has 1 aromatic carbocycles. The lowest BCUT2D eigenvalue weighted by atomic mass is 10.0. The minimum Gasteiger partial charge on any atom is -0.383 e. The quantitative estimate of drug-likeness (QED) is 0.766. The lowest BCUT2D eigenvalue weighted by Gasteiger charge is -2.32. The van der Waals surface area contributed by atoms with E-state index in [-0.39, 0.29) is 0 Å². The minimum atomic E-state index is 0.308. The number of fused-ring (bicyclic) bond motifs is 1. The van der Waals surface area contributed by atoms with Crippen molar-refractivity contribution in [2.75, 3.05) is 11.9 Å². The van der Waals surface area contributed by atoms with E-state index in [0.29, 0.717) is 10.7 Å². The van der Waals surface area contributed by atoms with Gasteiger partial charge in [0.25, 0.3) is 0 Å². The molecule has 82 valence electrons. The Morgan fingerprint density at radius 1 is 1.33 bits per heavy atom. The van der Waals surface area contributed by atoms with E-state index >= 15 is 0 Å². The first-order valence-corrected chi connectivity index (χ1v) is 6.36. The second kappa shape index (κ2) is 3.75. The van der Waals surface area contributed by atoms with Crippen molar-refractivity contribution in [3.8, 4) is 0 Å². The van der Waals surface area contributed by atoms with Gasteiger partial charge in [-0.15, -0.1) is 11.8 Å². The van der Waals surface area contributed by atoms with E-state index in [9.17, 15) is 0 Å². The number of rotatable bonds is 1. The average Bonchev–Trinajstić information content (AvgIpc) is 2.15. The Hall–Kier alpha value is -0.630. The number of hydrogen-bond donors (Lipinski definition) is 1. The summed E-state index contributed by atoms with van der Waals surface area (Å²) in [6.45, 7) is 10.1. The molecule has 15 heavy (non-hydrogen) atoms. The fraction of sp³-hybridized carbons (Fsp3) is 0.538. The third kappa shape index (κ3) is 2.31. The number of hydrogen-bond acceptors (Lipinski definition) is 2. The Kier molecular flexibility index (Phi) is 2.72. The zero-order valence-corrected chi connectivity index (χ0v) is 10.7. The van der Waals surface area contributed by atoms with Crippen LogP contribution in [-0.2, 0) is 0 Å². The highest BCUT2D eigenvalue weighted by Gasteiger charge is 2.25. The summed E-state index contributed by atoms with van der Waals surface area (Å²) in [5.41, 5.74) is 2.73. The van der Waals surface area contributed by atoms with E-state index < -0.39 is 0 Å². The van der Waals surface area contributed by atoms with Crippen LogP contribution < -0.4 is 5.32 Å². The molecule has 2 rings (SSSR count). The predicted molar refractivity (Wildman–Crippen MR) is 69.0 cm³/mol. The fourth-order valence-corrected chi connectivity index (χ4v) is 2.96. The molecule has 0 bridgehead atoms. The Morgan fingerprint density at radius 2 is 2.07 bits per heavy atom. The third-order valence-electron chi connectivity index (χ3n) is 2.76. The van der Waals surface area contributed by atoms with Gasteiger partial charge in [0.1, 0.15) is 0 Å². The summed E-state index contributed by atoms with van der Waals surface area (Å²) in [5.74, 6) is 0.612. The van der Waals surface area contributed by atoms with Gasteiger partial charge in [0.05, 0.1) is 0 Å². The van der Waals surface area contributed by atoms with Crippen molar-refractivity contribution in [3.05, 3.63) is 23.8 Å². The Morgan fingerprint density at radius 3 is 2.73 bits per heavy atom. The third-order valence-corrected chi connectivity index (χ3v) is 4.02. The SMILES string of the molecule is CC(C)c1ccc2c(c1)SC(C)(C)CN2. The molecule has 2 heteroatoms. The Bertz CT molecular complexity index is 369. The summed E-state index contributed by atoms with van der Waals surface area (Å²) in [5, 5.41) is 3.50. The monoisotopic (exact) mass is 221 g/mol. The largest absolute Gasteiger partial charge is 0.383 e. The van der Waals surface area contributed by atoms with Crippen molar-refractivity contribution < 1.29 is 0 Å². The topological polar surface area (TPSA) is 12.0 Å². The first-order chi connectivity index (χ1) is 6.98. The van der Waals surface area contributed by atoms with E-state index in [4.69, 9.17) is 0 Å². The number of anilines is 1. The molecule has 1 N–H and O–H groups in total. The molecule has 0 unspecified atom stereocenters. The molecular formula is C13H19NS. The number of nitrogens with one attached hydrogen (secondary N) is 1. The van der Waals surface area contributed by atoms with Crippen molar-refractivity contribution in [2.24, 2.45) is 0 Å². The molecule has 0 fully saturated rings. The highest BCUT2D eigenvalue weighted by molar-refractivity contribution is 8.00. The maximum absolute atomic E-state index is 3.50. The second-order valence-corrected chi connectivity index (χ2v) is 6.87. The van der Waals surface area contributed by atoms with Crippen LogP contribution in [0.5, 0.6) is 0 Å². The van der Waals surface area contributed by atoms with Gasteiger partial charge in [0, 0.05) is 21.9 Å². The molecule has 0 saturated heterocycles. The van der Waals surface area contributed by atoms with E-state index in [1.165, 1.54) is 16.1 Å². The summed E-state index contributed by atoms with van der Waals surface area (Å²) >= 11 is 1.98. The summed E-state index contributed by atoms with van der Waals surface area (Å²) in [6.07, 6.45) is 0. The van der Waals surface area contributed by atoms with Crippen LogP contribution in [0.1, 0.15) is 39.2 Å². The zero-order valence-electron chi connectivity index (χ0n) is 9.92. The highest BCUT2D eigenvalue weighted by atomic mass is 32.2. The lowest BCUT2D eigenvalue weighted by molar-refractivity contribution is 0.738. The van der Waals surface area contributed by atoms with Gasteiger partial charge in [-0.2, -0.15) is 0 Å². The maximum Gasteiger partial charge on any atom is 0.0479 e. The van der Waals surface area contributed by atoms with Gasteiger partial charge in [-0.1, -0.05) is 19.9 Å². The van der Waals surface area contributed by atoms with Crippen LogP contribution in [0.15, 0.2) is 23.1 Å². The van der Waals surface area contributed by atoms with E-state index in [2.05, 4.69) is 51.2 Å². The van der Waals surface area contributed by atoms with Gasteiger partial charge in [0.2, 0.25) is 0 Å². The Labute approximate surface area is 96.7 Å². The molecule has 0 radical (unpaired) electrons. The fourth-order valence-electron chi connectivity index (χ4n) is 1.77. The van der Waals surface area contributed by atoms with Gasteiger partial charge in [0.15, 0.2) is 0 Å². The highest BCUT2D eigenvalue weighted by Crippen LogP contribution is 2.42. The maximum atomic E-state index is 3.50. The number of thioether (sulfide) groups is 1. The lowest BCUT2D eigenvalue weighted by Crippen LogP contribution is -2.29. The molecular weight excluding hydrogens is 202 g/mol. The van der Waals surface area contributed by atoms with Crippen molar-refractivity contribution in [2.45, 2.75) is 43.3 Å². The molecule has 1 aliphatic heterocycles. The van der Waals surface area contributed by atoms with E-state index in [0.717, 1.165) is 6.54 Å². The van der Waals surface area contributed by atoms with Crippen LogP contribution in [0, 0.1) is 0 Å². The van der Waals surface area contributed by atoms with Crippen molar-refractivity contribution in [1.29, 1.82) is 0 Å². The minimum absolute atomic E-state index is 0.308. The van der Waals surface area contributed by atoms with Crippen LogP contribution >= 0.6 is 11.8 Å². The standard InChI is InChI=1S/C13H19NS/c1-9(2)10-5-6-11-12(7-10)15-13(3,4)8-14-11/h5-7,9,14H,8H2,1-4H3. The second-order valence-electron chi connectivity index (χ2n) is 5.13. The zero-order chi connectivity index (χ0) is 11.1. The molecule has 0 aromatic heterocycles. The molecule has 0 atom stereocenters. The van der Waals surface area contributed by atoms with Crippen molar-refractivity contribution in [1.82, 2.24) is 0 Å². The van der Waals surface area contributed by atoms with Crippen LogP contribution in [0.4, 0.5) is 5.69 Å². The van der Waals surface area contributed by atoms with Gasteiger partial charge < -0.3 is 5.32 Å². The van der Waals surface area contributed by atoms with Gasteiger partial charge in [-0.3, -0.25) is 0 Å². The summed E-state index contributed by atoms with van der Waals surface area (Å²) in [7, 11) is 0. The summed E-state index contributed by atoms with van der Waals surface area (Å²) < 4.78 is 0.308. The number of benzene rings is 1. The van der Waals surface area contributed by atoms with Crippen molar-refractivity contribution in [3.63, 3.8) is 0 Å². The van der Waals surface area contributed by atoms with Crippen LogP contribution in [0.3, 0.4) is 0 Å². The molecule has 1 aromatic rings. The predicted octanol–water partition coefficient (Wildman–Crippen LogP) is 4.11. The van der Waals surface area contributed by atoms with Gasteiger partial charge in [-0.05, 0) is 37.5 Å². The molecule has 0 saturated carbocycles. The summed E-state index contributed by atoms with van der Waals surface area (Å²) in [4.78, 5) is 1.40. The molecule has 1 heterocycles. The molecule has 0 aliphatic carbocycles. The Balaban J connectivity index is 2.35. The first kappa shape index (κ1) is 10.9. The molecule has 1 nitrogen and oxygen atoms in total. The van der Waals surface area contributed by atoms with E-state index in [1.54, 1.807) is 0 Å². The molecule has 0 spiro atoms. The van der Waals surface area contributed by atoms with Gasteiger partial charge >= 0.3 is 0 Å². The first-order valence-electron chi connectivity index (χ1n) is 5.55. The van der Waals surface area contributed by atoms with Crippen LogP contribution in [0.2, 0.25) is 0 Å². The normalized spacial score (nSPS) is 18.5. The average molecular weight is 221 g/mol. The molecule has 0 amide bonds. The smallest absolute Gasteiger partial charge is 0.0479 e.